The molecule has 3 aromatic carbocycles. The van der Waals surface area contributed by atoms with Gasteiger partial charge < -0.3 is 20.1 Å². The van der Waals surface area contributed by atoms with Crippen molar-refractivity contribution in [3.63, 3.8) is 0 Å². The van der Waals surface area contributed by atoms with Crippen LogP contribution in [0, 0.1) is 0 Å². The topological polar surface area (TPSA) is 93.7 Å². The molecule has 0 bridgehead atoms. The first-order valence-corrected chi connectivity index (χ1v) is 10.5. The number of methoxy groups -OCH3 is 1. The van der Waals surface area contributed by atoms with Crippen molar-refractivity contribution < 1.29 is 23.9 Å². The van der Waals surface area contributed by atoms with E-state index >= 15 is 0 Å². The molecular formula is C24H20Cl2N2O5. The van der Waals surface area contributed by atoms with Crippen LogP contribution in [-0.2, 0) is 4.79 Å². The summed E-state index contributed by atoms with van der Waals surface area (Å²) in [7, 11) is 1.42. The number of hydrogen-bond donors (Lipinski definition) is 2. The highest BCUT2D eigenvalue weighted by molar-refractivity contribution is 6.31. The first-order valence-electron chi connectivity index (χ1n) is 9.76. The van der Waals surface area contributed by atoms with Gasteiger partial charge in [0.1, 0.15) is 6.17 Å². The Kier molecular flexibility index (Phi) is 7.92. The lowest BCUT2D eigenvalue weighted by Crippen LogP contribution is -2.41. The highest BCUT2D eigenvalue weighted by Crippen LogP contribution is 2.30. The maximum absolute atomic E-state index is 12.8. The van der Waals surface area contributed by atoms with Crippen molar-refractivity contribution in [2.45, 2.75) is 13.1 Å². The van der Waals surface area contributed by atoms with E-state index in [4.69, 9.17) is 32.7 Å². The predicted octanol–water partition coefficient (Wildman–Crippen LogP) is 4.79. The minimum Gasteiger partial charge on any atom is -0.493 e. The van der Waals surface area contributed by atoms with E-state index in [1.54, 1.807) is 60.7 Å². The SMILES string of the molecule is COc1cc(C(NC(=O)c2ccc(Cl)cc2)NC(=O)c2ccc(Cl)cc2)ccc1OC(C)=O. The van der Waals surface area contributed by atoms with E-state index in [2.05, 4.69) is 10.6 Å². The summed E-state index contributed by atoms with van der Waals surface area (Å²) in [4.78, 5) is 37.0. The number of rotatable bonds is 7. The third-order valence-electron chi connectivity index (χ3n) is 4.54. The molecule has 0 aliphatic heterocycles. The number of halogens is 2. The van der Waals surface area contributed by atoms with Crippen LogP contribution in [0.1, 0.15) is 39.4 Å². The zero-order chi connectivity index (χ0) is 24.0. The molecule has 7 nitrogen and oxygen atoms in total. The average Bonchev–Trinajstić information content (AvgIpc) is 2.79. The molecule has 0 aliphatic carbocycles. The van der Waals surface area contributed by atoms with Crippen LogP contribution in [0.2, 0.25) is 10.0 Å². The van der Waals surface area contributed by atoms with Crippen LogP contribution in [0.15, 0.2) is 66.7 Å². The molecule has 0 saturated carbocycles. The molecule has 0 aliphatic rings. The molecule has 0 spiro atoms. The second-order valence-electron chi connectivity index (χ2n) is 6.90. The highest BCUT2D eigenvalue weighted by Gasteiger charge is 2.21. The van der Waals surface area contributed by atoms with Gasteiger partial charge in [0.25, 0.3) is 11.8 Å². The minimum atomic E-state index is -0.934. The third kappa shape index (κ3) is 6.47. The lowest BCUT2D eigenvalue weighted by Gasteiger charge is -2.22. The molecule has 9 heteroatoms. The Labute approximate surface area is 200 Å². The predicted molar refractivity (Wildman–Crippen MR) is 125 cm³/mol. The van der Waals surface area contributed by atoms with Gasteiger partial charge in [-0.3, -0.25) is 14.4 Å². The van der Waals surface area contributed by atoms with Crippen LogP contribution in [0.4, 0.5) is 0 Å². The van der Waals surface area contributed by atoms with Crippen LogP contribution >= 0.6 is 23.2 Å². The monoisotopic (exact) mass is 486 g/mol. The van der Waals surface area contributed by atoms with Gasteiger partial charge in [-0.2, -0.15) is 0 Å². The number of hydrogen-bond acceptors (Lipinski definition) is 5. The normalized spacial score (nSPS) is 10.5. The number of benzene rings is 3. The van der Waals surface area contributed by atoms with Crippen LogP contribution in [0.3, 0.4) is 0 Å². The summed E-state index contributed by atoms with van der Waals surface area (Å²) < 4.78 is 10.4. The fourth-order valence-corrected chi connectivity index (χ4v) is 3.19. The molecule has 2 N–H and O–H groups in total. The minimum absolute atomic E-state index is 0.209. The first-order chi connectivity index (χ1) is 15.8. The van der Waals surface area contributed by atoms with E-state index in [1.165, 1.54) is 20.1 Å². The van der Waals surface area contributed by atoms with Crippen LogP contribution in [0.25, 0.3) is 0 Å². The maximum Gasteiger partial charge on any atom is 0.308 e. The van der Waals surface area contributed by atoms with Crippen LogP contribution in [-0.4, -0.2) is 24.9 Å². The van der Waals surface area contributed by atoms with Crippen molar-refractivity contribution in [2.24, 2.45) is 0 Å². The number of amides is 2. The average molecular weight is 487 g/mol. The second-order valence-corrected chi connectivity index (χ2v) is 7.77. The van der Waals surface area contributed by atoms with Crippen molar-refractivity contribution in [3.8, 4) is 11.5 Å². The molecule has 33 heavy (non-hydrogen) atoms. The van der Waals surface area contributed by atoms with Gasteiger partial charge >= 0.3 is 5.97 Å². The molecule has 0 atom stereocenters. The Balaban J connectivity index is 1.92. The van der Waals surface area contributed by atoms with Crippen molar-refractivity contribution >= 4 is 41.0 Å². The summed E-state index contributed by atoms with van der Waals surface area (Å²) in [5.74, 6) is -0.911. The molecule has 3 rings (SSSR count). The Bertz CT molecular complexity index is 1100. The highest BCUT2D eigenvalue weighted by atomic mass is 35.5. The molecule has 0 saturated heterocycles. The van der Waals surface area contributed by atoms with Gasteiger partial charge in [0.05, 0.1) is 7.11 Å². The summed E-state index contributed by atoms with van der Waals surface area (Å²) >= 11 is 11.8. The lowest BCUT2D eigenvalue weighted by molar-refractivity contribution is -0.132. The fraction of sp³-hybridized carbons (Fsp3) is 0.125. The van der Waals surface area contributed by atoms with Crippen LogP contribution in [0.5, 0.6) is 11.5 Å². The number of esters is 1. The standard InChI is InChI=1S/C24H20Cl2N2O5/c1-14(29)33-20-12-7-17(13-21(20)32-2)22(27-23(30)15-3-8-18(25)9-4-15)28-24(31)16-5-10-19(26)11-6-16/h3-13,22H,1-2H3,(H,27,30)(H,28,31). The molecule has 0 fully saturated rings. The van der Waals surface area contributed by atoms with E-state index in [0.717, 1.165) is 0 Å². The van der Waals surface area contributed by atoms with E-state index in [-0.39, 0.29) is 11.5 Å². The quantitative estimate of drug-likeness (QED) is 0.284. The summed E-state index contributed by atoms with van der Waals surface area (Å²) in [5.41, 5.74) is 1.20. The van der Waals surface area contributed by atoms with Gasteiger partial charge in [0, 0.05) is 28.1 Å². The number of carbonyl (C=O) groups excluding carboxylic acids is 3. The van der Waals surface area contributed by atoms with Gasteiger partial charge in [-0.05, 0) is 66.2 Å². The molecule has 170 valence electrons. The first kappa shape index (κ1) is 24.1. The summed E-state index contributed by atoms with van der Waals surface area (Å²) in [6, 6.07) is 17.3. The van der Waals surface area contributed by atoms with Crippen molar-refractivity contribution in [3.05, 3.63) is 93.5 Å². The lowest BCUT2D eigenvalue weighted by atomic mass is 10.1. The molecule has 0 aromatic heterocycles. The molecule has 0 radical (unpaired) electrons. The Morgan fingerprint density at radius 3 is 1.67 bits per heavy atom. The second kappa shape index (κ2) is 10.8. The molecule has 2 amide bonds. The van der Waals surface area contributed by atoms with Gasteiger partial charge in [0.2, 0.25) is 0 Å². The summed E-state index contributed by atoms with van der Waals surface area (Å²) in [5, 5.41) is 6.56. The van der Waals surface area contributed by atoms with E-state index in [0.29, 0.717) is 26.7 Å². The maximum atomic E-state index is 12.8. The number of ether oxygens (including phenoxy) is 2. The van der Waals surface area contributed by atoms with Gasteiger partial charge in [-0.1, -0.05) is 29.3 Å². The van der Waals surface area contributed by atoms with Gasteiger partial charge in [-0.15, -0.1) is 0 Å². The zero-order valence-corrected chi connectivity index (χ0v) is 19.2. The molecule has 3 aromatic rings. The molecular weight excluding hydrogens is 467 g/mol. The summed E-state index contributed by atoms with van der Waals surface area (Å²) in [6.07, 6.45) is -0.934. The van der Waals surface area contributed by atoms with E-state index in [1.807, 2.05) is 0 Å². The van der Waals surface area contributed by atoms with Crippen molar-refractivity contribution in [1.82, 2.24) is 10.6 Å². The smallest absolute Gasteiger partial charge is 0.308 e. The van der Waals surface area contributed by atoms with E-state index < -0.39 is 23.9 Å². The molecule has 0 unspecified atom stereocenters. The third-order valence-corrected chi connectivity index (χ3v) is 5.04. The fourth-order valence-electron chi connectivity index (χ4n) is 2.94. The summed E-state index contributed by atoms with van der Waals surface area (Å²) in [6.45, 7) is 1.27. The van der Waals surface area contributed by atoms with Crippen molar-refractivity contribution in [1.29, 1.82) is 0 Å². The largest absolute Gasteiger partial charge is 0.493 e. The van der Waals surface area contributed by atoms with Gasteiger partial charge in [0.15, 0.2) is 11.5 Å². The Morgan fingerprint density at radius 1 is 0.758 bits per heavy atom. The Hall–Kier alpha value is -3.55. The van der Waals surface area contributed by atoms with Gasteiger partial charge in [-0.25, -0.2) is 0 Å². The number of nitrogens with one attached hydrogen (secondary N) is 2. The Morgan fingerprint density at radius 2 is 1.24 bits per heavy atom. The van der Waals surface area contributed by atoms with E-state index in [9.17, 15) is 14.4 Å². The van der Waals surface area contributed by atoms with Crippen molar-refractivity contribution in [2.75, 3.05) is 7.11 Å². The number of carbonyl (C=O) groups is 3. The zero-order valence-electron chi connectivity index (χ0n) is 17.7. The molecule has 0 heterocycles. The van der Waals surface area contributed by atoms with Crippen LogP contribution < -0.4 is 20.1 Å².